The van der Waals surface area contributed by atoms with Gasteiger partial charge in [-0.15, -0.1) is 0 Å². The van der Waals surface area contributed by atoms with Crippen molar-refractivity contribution in [3.05, 3.63) is 29.3 Å². The molecule has 1 aliphatic heterocycles. The number of hydrogen-bond donors (Lipinski definition) is 0. The van der Waals surface area contributed by atoms with Crippen molar-refractivity contribution in [3.8, 4) is 5.75 Å². The van der Waals surface area contributed by atoms with Gasteiger partial charge in [0.1, 0.15) is 5.75 Å². The number of hydrogen-bond acceptors (Lipinski definition) is 3. The van der Waals surface area contributed by atoms with Gasteiger partial charge in [0.05, 0.1) is 7.11 Å². The van der Waals surface area contributed by atoms with E-state index in [4.69, 9.17) is 9.47 Å². The van der Waals surface area contributed by atoms with Crippen LogP contribution in [0.4, 0.5) is 0 Å². The summed E-state index contributed by atoms with van der Waals surface area (Å²) in [6.07, 6.45) is 4.02. The van der Waals surface area contributed by atoms with Crippen LogP contribution < -0.4 is 4.74 Å². The SMILES string of the molecule is COc1ccc2c(c1)CCC(C1CCOCC1)C2=O. The fourth-order valence-electron chi connectivity index (χ4n) is 3.35. The van der Waals surface area contributed by atoms with Crippen LogP contribution in [0.5, 0.6) is 5.75 Å². The first-order valence-electron chi connectivity index (χ1n) is 7.08. The predicted molar refractivity (Wildman–Crippen MR) is 72.7 cm³/mol. The fourth-order valence-corrected chi connectivity index (χ4v) is 3.35. The highest BCUT2D eigenvalue weighted by molar-refractivity contribution is 6.00. The second-order valence-electron chi connectivity index (χ2n) is 5.48. The number of carbonyl (C=O) groups excluding carboxylic acids is 1. The Bertz CT molecular complexity index is 475. The van der Waals surface area contributed by atoms with Crippen LogP contribution in [0.25, 0.3) is 0 Å². The highest BCUT2D eigenvalue weighted by Crippen LogP contribution is 2.36. The third-order valence-corrected chi connectivity index (χ3v) is 4.47. The zero-order chi connectivity index (χ0) is 13.2. The Hall–Kier alpha value is -1.35. The van der Waals surface area contributed by atoms with Gasteiger partial charge in [0.15, 0.2) is 5.78 Å². The molecule has 1 aromatic rings. The molecule has 1 saturated heterocycles. The highest BCUT2D eigenvalue weighted by atomic mass is 16.5. The van der Waals surface area contributed by atoms with E-state index in [1.807, 2.05) is 18.2 Å². The van der Waals surface area contributed by atoms with Crippen LogP contribution in [0.1, 0.15) is 35.2 Å². The van der Waals surface area contributed by atoms with E-state index in [1.54, 1.807) is 7.11 Å². The predicted octanol–water partition coefficient (Wildman–Crippen LogP) is 2.87. The van der Waals surface area contributed by atoms with Gasteiger partial charge in [0, 0.05) is 24.7 Å². The summed E-state index contributed by atoms with van der Waals surface area (Å²) in [6, 6.07) is 5.83. The number of rotatable bonds is 2. The molecule has 19 heavy (non-hydrogen) atoms. The lowest BCUT2D eigenvalue weighted by atomic mass is 9.73. The Morgan fingerprint density at radius 2 is 2.00 bits per heavy atom. The molecule has 0 amide bonds. The van der Waals surface area contributed by atoms with Gasteiger partial charge < -0.3 is 9.47 Å². The summed E-state index contributed by atoms with van der Waals surface area (Å²) in [7, 11) is 1.66. The van der Waals surface area contributed by atoms with Gasteiger partial charge in [0.2, 0.25) is 0 Å². The summed E-state index contributed by atoms with van der Waals surface area (Å²) in [5.41, 5.74) is 2.05. The topological polar surface area (TPSA) is 35.5 Å². The number of aryl methyl sites for hydroxylation is 1. The monoisotopic (exact) mass is 260 g/mol. The zero-order valence-electron chi connectivity index (χ0n) is 11.4. The number of Topliss-reactive ketones (excluding diaryl/α,β-unsaturated/α-hetero) is 1. The van der Waals surface area contributed by atoms with Crippen molar-refractivity contribution < 1.29 is 14.3 Å². The number of ether oxygens (including phenoxy) is 2. The maximum atomic E-state index is 12.6. The van der Waals surface area contributed by atoms with E-state index in [0.717, 1.165) is 55.8 Å². The molecule has 3 heteroatoms. The van der Waals surface area contributed by atoms with E-state index in [2.05, 4.69) is 0 Å². The molecule has 1 aliphatic carbocycles. The van der Waals surface area contributed by atoms with Crippen LogP contribution in [-0.2, 0) is 11.2 Å². The first-order valence-corrected chi connectivity index (χ1v) is 7.08. The Kier molecular flexibility index (Phi) is 3.56. The smallest absolute Gasteiger partial charge is 0.166 e. The van der Waals surface area contributed by atoms with Gasteiger partial charge in [-0.1, -0.05) is 0 Å². The summed E-state index contributed by atoms with van der Waals surface area (Å²) < 4.78 is 10.6. The standard InChI is InChI=1S/C16H20O3/c1-18-13-3-5-15-12(10-13)2-4-14(16(15)17)11-6-8-19-9-7-11/h3,5,10-11,14H,2,4,6-9H2,1H3. The Morgan fingerprint density at radius 1 is 1.21 bits per heavy atom. The van der Waals surface area contributed by atoms with Crippen molar-refractivity contribution in [1.82, 2.24) is 0 Å². The molecule has 1 fully saturated rings. The first kappa shape index (κ1) is 12.7. The third kappa shape index (κ3) is 2.39. The van der Waals surface area contributed by atoms with E-state index in [1.165, 1.54) is 0 Å². The molecule has 2 aliphatic rings. The van der Waals surface area contributed by atoms with E-state index in [-0.39, 0.29) is 5.92 Å². The van der Waals surface area contributed by atoms with E-state index < -0.39 is 0 Å². The number of methoxy groups -OCH3 is 1. The number of carbonyl (C=O) groups is 1. The summed E-state index contributed by atoms with van der Waals surface area (Å²) in [5, 5.41) is 0. The largest absolute Gasteiger partial charge is 0.497 e. The molecule has 0 N–H and O–H groups in total. The van der Waals surface area contributed by atoms with Gasteiger partial charge >= 0.3 is 0 Å². The number of ketones is 1. The molecule has 1 atom stereocenters. The van der Waals surface area contributed by atoms with Crippen molar-refractivity contribution in [3.63, 3.8) is 0 Å². The van der Waals surface area contributed by atoms with Crippen LogP contribution in [0, 0.1) is 11.8 Å². The minimum absolute atomic E-state index is 0.199. The lowest BCUT2D eigenvalue weighted by Gasteiger charge is -2.32. The minimum Gasteiger partial charge on any atom is -0.497 e. The molecule has 0 radical (unpaired) electrons. The molecule has 3 nitrogen and oxygen atoms in total. The third-order valence-electron chi connectivity index (χ3n) is 4.47. The van der Waals surface area contributed by atoms with E-state index in [0.29, 0.717) is 11.7 Å². The van der Waals surface area contributed by atoms with Crippen molar-refractivity contribution in [2.24, 2.45) is 11.8 Å². The molecule has 1 unspecified atom stereocenters. The fraction of sp³-hybridized carbons (Fsp3) is 0.562. The van der Waals surface area contributed by atoms with E-state index >= 15 is 0 Å². The van der Waals surface area contributed by atoms with E-state index in [9.17, 15) is 4.79 Å². The van der Waals surface area contributed by atoms with Crippen LogP contribution >= 0.6 is 0 Å². The summed E-state index contributed by atoms with van der Waals surface area (Å²) in [5.74, 6) is 1.88. The molecule has 1 aromatic carbocycles. The lowest BCUT2D eigenvalue weighted by molar-refractivity contribution is 0.0406. The van der Waals surface area contributed by atoms with Gasteiger partial charge in [-0.3, -0.25) is 4.79 Å². The normalized spacial score (nSPS) is 24.1. The second-order valence-corrected chi connectivity index (χ2v) is 5.48. The second kappa shape index (κ2) is 5.33. The Balaban J connectivity index is 1.83. The van der Waals surface area contributed by atoms with Crippen molar-refractivity contribution in [1.29, 1.82) is 0 Å². The van der Waals surface area contributed by atoms with Gasteiger partial charge in [-0.25, -0.2) is 0 Å². The van der Waals surface area contributed by atoms with Crippen LogP contribution in [0.15, 0.2) is 18.2 Å². The van der Waals surface area contributed by atoms with Crippen molar-refractivity contribution in [2.75, 3.05) is 20.3 Å². The summed E-state index contributed by atoms with van der Waals surface area (Å²) in [4.78, 5) is 12.6. The number of benzene rings is 1. The molecular weight excluding hydrogens is 240 g/mol. The maximum Gasteiger partial charge on any atom is 0.166 e. The van der Waals surface area contributed by atoms with Crippen LogP contribution in [0.2, 0.25) is 0 Å². The molecule has 3 rings (SSSR count). The molecule has 0 spiro atoms. The molecule has 0 bridgehead atoms. The quantitative estimate of drug-likeness (QED) is 0.820. The van der Waals surface area contributed by atoms with Crippen molar-refractivity contribution in [2.45, 2.75) is 25.7 Å². The van der Waals surface area contributed by atoms with Crippen LogP contribution in [0.3, 0.4) is 0 Å². The minimum atomic E-state index is 0.199. The van der Waals surface area contributed by atoms with Gasteiger partial charge in [0.25, 0.3) is 0 Å². The zero-order valence-corrected chi connectivity index (χ0v) is 11.4. The highest BCUT2D eigenvalue weighted by Gasteiger charge is 2.34. The summed E-state index contributed by atoms with van der Waals surface area (Å²) in [6.45, 7) is 1.62. The van der Waals surface area contributed by atoms with Gasteiger partial charge in [-0.2, -0.15) is 0 Å². The van der Waals surface area contributed by atoms with Gasteiger partial charge in [-0.05, 0) is 55.4 Å². The lowest BCUT2D eigenvalue weighted by Crippen LogP contribution is -2.32. The average Bonchev–Trinajstić information content (AvgIpc) is 2.48. The Labute approximate surface area is 113 Å². The maximum absolute atomic E-state index is 12.6. The molecule has 0 aromatic heterocycles. The molecule has 102 valence electrons. The average molecular weight is 260 g/mol. The number of fused-ring (bicyclic) bond motifs is 1. The van der Waals surface area contributed by atoms with Crippen molar-refractivity contribution >= 4 is 5.78 Å². The molecule has 1 heterocycles. The molecule has 0 saturated carbocycles. The molecular formula is C16H20O3. The summed E-state index contributed by atoms with van der Waals surface area (Å²) >= 11 is 0. The first-order chi connectivity index (χ1) is 9.29. The van der Waals surface area contributed by atoms with Crippen LogP contribution in [-0.4, -0.2) is 26.1 Å². The Morgan fingerprint density at radius 3 is 2.74 bits per heavy atom.